The Morgan fingerprint density at radius 3 is 2.52 bits per heavy atom. The average Bonchev–Trinajstić information content (AvgIpc) is 3.14. The number of nitrogens with zero attached hydrogens (tertiary/aromatic N) is 2. The van der Waals surface area contributed by atoms with Gasteiger partial charge in [-0.15, -0.1) is 0 Å². The van der Waals surface area contributed by atoms with E-state index in [0.717, 1.165) is 38.5 Å². The summed E-state index contributed by atoms with van der Waals surface area (Å²) in [4.78, 5) is 14.9. The summed E-state index contributed by atoms with van der Waals surface area (Å²) < 4.78 is 0. The van der Waals surface area contributed by atoms with Gasteiger partial charge in [-0.25, -0.2) is 0 Å². The lowest BCUT2D eigenvalue weighted by atomic mass is 9.46. The molecule has 5 saturated carbocycles. The maximum Gasteiger partial charge on any atom is 0.241 e. The van der Waals surface area contributed by atoms with E-state index >= 15 is 0 Å². The third kappa shape index (κ3) is 1.88. The number of piperidine rings is 1. The minimum atomic E-state index is -0.594. The van der Waals surface area contributed by atoms with Gasteiger partial charge in [0.2, 0.25) is 5.91 Å². The molecule has 6 rings (SSSR count). The number of likely N-dealkylation sites (tertiary alicyclic amines) is 1. The van der Waals surface area contributed by atoms with E-state index in [2.05, 4.69) is 6.07 Å². The first kappa shape index (κ1) is 14.2. The zero-order valence-corrected chi connectivity index (χ0v) is 13.4. The molecule has 1 heterocycles. The quantitative estimate of drug-likeness (QED) is 0.800. The number of aliphatic hydroxyl groups is 1. The number of amides is 1. The van der Waals surface area contributed by atoms with Crippen LogP contribution in [0.2, 0.25) is 0 Å². The SMILES string of the molecule is N#CC1C[C@H]2C[C@@H]2N1C(=O)C(N)C12CC3CC(CC(O)(C3)C1)C2. The van der Waals surface area contributed by atoms with Crippen LogP contribution < -0.4 is 5.73 Å². The summed E-state index contributed by atoms with van der Waals surface area (Å²) in [5, 5.41) is 20.2. The fourth-order valence-electron chi connectivity index (χ4n) is 6.96. The van der Waals surface area contributed by atoms with E-state index in [1.165, 1.54) is 6.42 Å². The summed E-state index contributed by atoms with van der Waals surface area (Å²) in [7, 11) is 0. The van der Waals surface area contributed by atoms with Crippen LogP contribution in [0.3, 0.4) is 0 Å². The highest BCUT2D eigenvalue weighted by atomic mass is 16.3. The molecule has 3 N–H and O–H groups in total. The second kappa shape index (κ2) is 4.29. The first-order valence-electron chi connectivity index (χ1n) is 9.13. The second-order valence-corrected chi connectivity index (χ2v) is 9.21. The molecule has 5 heteroatoms. The van der Waals surface area contributed by atoms with Crippen LogP contribution in [0.1, 0.15) is 51.4 Å². The molecule has 0 aromatic carbocycles. The van der Waals surface area contributed by atoms with Gasteiger partial charge in [-0.05, 0) is 74.5 Å². The fourth-order valence-corrected chi connectivity index (χ4v) is 6.96. The van der Waals surface area contributed by atoms with Crippen molar-refractivity contribution in [1.82, 2.24) is 4.90 Å². The Morgan fingerprint density at radius 2 is 1.91 bits per heavy atom. The van der Waals surface area contributed by atoms with Crippen LogP contribution in [0.15, 0.2) is 0 Å². The molecule has 1 saturated heterocycles. The van der Waals surface area contributed by atoms with Crippen molar-refractivity contribution in [3.05, 3.63) is 0 Å². The third-order valence-electron chi connectivity index (χ3n) is 7.51. The molecule has 0 spiro atoms. The van der Waals surface area contributed by atoms with Crippen LogP contribution in [-0.2, 0) is 4.79 Å². The van der Waals surface area contributed by atoms with Crippen LogP contribution in [0, 0.1) is 34.5 Å². The topological polar surface area (TPSA) is 90.4 Å². The monoisotopic (exact) mass is 315 g/mol. The number of hydrogen-bond acceptors (Lipinski definition) is 4. The molecule has 4 unspecified atom stereocenters. The number of carbonyl (C=O) groups excluding carboxylic acids is 1. The lowest BCUT2D eigenvalue weighted by Crippen LogP contribution is -2.64. The lowest BCUT2D eigenvalue weighted by Gasteiger charge is -2.61. The van der Waals surface area contributed by atoms with Gasteiger partial charge in [0.1, 0.15) is 6.04 Å². The third-order valence-corrected chi connectivity index (χ3v) is 7.51. The Balaban J connectivity index is 1.43. The van der Waals surface area contributed by atoms with Crippen LogP contribution in [-0.4, -0.2) is 39.6 Å². The fraction of sp³-hybridized carbons (Fsp3) is 0.889. The molecule has 23 heavy (non-hydrogen) atoms. The van der Waals surface area contributed by atoms with Gasteiger partial charge in [0.25, 0.3) is 0 Å². The van der Waals surface area contributed by atoms with Gasteiger partial charge in [-0.3, -0.25) is 4.79 Å². The molecule has 6 atom stereocenters. The minimum absolute atomic E-state index is 0.0212. The Kier molecular flexibility index (Phi) is 2.65. The Labute approximate surface area is 136 Å². The largest absolute Gasteiger partial charge is 0.390 e. The van der Waals surface area contributed by atoms with Crippen LogP contribution in [0.4, 0.5) is 0 Å². The lowest BCUT2D eigenvalue weighted by molar-refractivity contribution is -0.177. The van der Waals surface area contributed by atoms with Gasteiger partial charge in [0, 0.05) is 6.04 Å². The molecule has 5 aliphatic carbocycles. The summed E-state index contributed by atoms with van der Waals surface area (Å²) in [5.41, 5.74) is 5.71. The molecule has 6 fully saturated rings. The highest BCUT2D eigenvalue weighted by molar-refractivity contribution is 5.84. The predicted molar refractivity (Wildman–Crippen MR) is 82.8 cm³/mol. The summed E-state index contributed by atoms with van der Waals surface area (Å²) >= 11 is 0. The minimum Gasteiger partial charge on any atom is -0.390 e. The maximum absolute atomic E-state index is 13.1. The number of hydrogen-bond donors (Lipinski definition) is 2. The standard InChI is InChI=1S/C18H25N3O2/c19-8-13-2-12-3-14(12)21(13)16(22)15(20)17-4-10-1-11(5-17)7-18(23,6-10)9-17/h10-15,23H,1-7,9,20H2/t10?,11?,12-,13?,14-,15?,17?,18?/m0/s1. The van der Waals surface area contributed by atoms with Crippen molar-refractivity contribution < 1.29 is 9.90 Å². The number of nitriles is 1. The molecule has 0 radical (unpaired) electrons. The maximum atomic E-state index is 13.1. The zero-order valence-electron chi connectivity index (χ0n) is 13.4. The Bertz CT molecular complexity index is 598. The normalized spacial score (nSPS) is 53.8. The van der Waals surface area contributed by atoms with E-state index in [4.69, 9.17) is 5.73 Å². The molecular weight excluding hydrogens is 290 g/mol. The molecule has 0 aromatic heterocycles. The number of fused-ring (bicyclic) bond motifs is 1. The second-order valence-electron chi connectivity index (χ2n) is 9.21. The summed E-state index contributed by atoms with van der Waals surface area (Å²) in [6.45, 7) is 0. The van der Waals surface area contributed by atoms with Crippen molar-refractivity contribution in [3.63, 3.8) is 0 Å². The van der Waals surface area contributed by atoms with E-state index in [-0.39, 0.29) is 23.4 Å². The number of rotatable bonds is 2. The van der Waals surface area contributed by atoms with Gasteiger partial charge in [-0.2, -0.15) is 5.26 Å². The van der Waals surface area contributed by atoms with Gasteiger partial charge < -0.3 is 15.7 Å². The Morgan fingerprint density at radius 1 is 1.22 bits per heavy atom. The van der Waals surface area contributed by atoms with Gasteiger partial charge in [0.05, 0.1) is 17.7 Å². The molecule has 4 bridgehead atoms. The van der Waals surface area contributed by atoms with Crippen LogP contribution >= 0.6 is 0 Å². The van der Waals surface area contributed by atoms with Crippen molar-refractivity contribution in [2.45, 2.75) is 75.1 Å². The molecule has 124 valence electrons. The summed E-state index contributed by atoms with van der Waals surface area (Å²) in [5.74, 6) is 1.56. The van der Waals surface area contributed by atoms with Crippen LogP contribution in [0.5, 0.6) is 0 Å². The zero-order chi connectivity index (χ0) is 16.0. The molecule has 1 amide bonds. The molecular formula is C18H25N3O2. The van der Waals surface area contributed by atoms with E-state index in [1.807, 2.05) is 0 Å². The van der Waals surface area contributed by atoms with E-state index in [9.17, 15) is 15.2 Å². The van der Waals surface area contributed by atoms with Crippen molar-refractivity contribution >= 4 is 5.91 Å². The first-order valence-corrected chi connectivity index (χ1v) is 9.13. The van der Waals surface area contributed by atoms with E-state index in [0.29, 0.717) is 24.2 Å². The Hall–Kier alpha value is -1.12. The highest BCUT2D eigenvalue weighted by Crippen LogP contribution is 2.63. The predicted octanol–water partition coefficient (Wildman–Crippen LogP) is 1.16. The first-order chi connectivity index (χ1) is 10.9. The van der Waals surface area contributed by atoms with Gasteiger partial charge in [-0.1, -0.05) is 0 Å². The van der Waals surface area contributed by atoms with Crippen LogP contribution in [0.25, 0.3) is 0 Å². The average molecular weight is 315 g/mol. The van der Waals surface area contributed by atoms with Gasteiger partial charge >= 0.3 is 0 Å². The summed E-state index contributed by atoms with van der Waals surface area (Å²) in [6.07, 6.45) is 7.48. The van der Waals surface area contributed by atoms with Crippen molar-refractivity contribution in [3.8, 4) is 6.07 Å². The molecule has 0 aromatic rings. The molecule has 6 aliphatic rings. The van der Waals surface area contributed by atoms with E-state index in [1.54, 1.807) is 4.90 Å². The van der Waals surface area contributed by atoms with Gasteiger partial charge in [0.15, 0.2) is 0 Å². The molecule has 1 aliphatic heterocycles. The van der Waals surface area contributed by atoms with E-state index < -0.39 is 11.6 Å². The van der Waals surface area contributed by atoms with Crippen molar-refractivity contribution in [2.24, 2.45) is 28.9 Å². The smallest absolute Gasteiger partial charge is 0.241 e. The van der Waals surface area contributed by atoms with Crippen molar-refractivity contribution in [1.29, 1.82) is 5.26 Å². The number of nitrogens with two attached hydrogens (primary N) is 1. The summed E-state index contributed by atoms with van der Waals surface area (Å²) in [6, 6.07) is 1.72. The highest BCUT2D eigenvalue weighted by Gasteiger charge is 2.62. The number of carbonyl (C=O) groups is 1. The van der Waals surface area contributed by atoms with Crippen molar-refractivity contribution in [2.75, 3.05) is 0 Å². The molecule has 5 nitrogen and oxygen atoms in total.